The Bertz CT molecular complexity index is 2490. The molecular formula is C45H28N4OS2. The number of hydrogen-bond acceptors (Lipinski definition) is 7. The summed E-state index contributed by atoms with van der Waals surface area (Å²) in [6, 6.07) is 55.8. The van der Waals surface area contributed by atoms with E-state index in [1.165, 1.54) is 43.7 Å². The molecular weight excluding hydrogens is 677 g/mol. The predicted octanol–water partition coefficient (Wildman–Crippen LogP) is 13.1. The SMILES string of the molecule is c1ccc2c(c1)Cc1ccccc1N2c1ccc(-c2nc3cc4oc(-c5ccc(N6c7ccccc7Sc7ccccc76)cc5)nc4cc3s2)cc1. The number of anilines is 6. The largest absolute Gasteiger partial charge is 0.436 e. The number of rotatable bonds is 4. The Morgan fingerprint density at radius 2 is 1.04 bits per heavy atom. The Balaban J connectivity index is 0.885. The van der Waals surface area contributed by atoms with Crippen molar-refractivity contribution in [3.8, 4) is 22.0 Å². The lowest BCUT2D eigenvalue weighted by Gasteiger charge is -2.33. The highest BCUT2D eigenvalue weighted by atomic mass is 32.2. The number of hydrogen-bond donors (Lipinski definition) is 0. The first-order valence-electron chi connectivity index (χ1n) is 17.3. The fourth-order valence-electron chi connectivity index (χ4n) is 7.46. The Labute approximate surface area is 308 Å². The number of thiazole rings is 1. The van der Waals surface area contributed by atoms with Gasteiger partial charge in [0.15, 0.2) is 5.58 Å². The maximum absolute atomic E-state index is 6.35. The number of fused-ring (bicyclic) bond motifs is 6. The van der Waals surface area contributed by atoms with Crippen LogP contribution in [0.4, 0.5) is 34.1 Å². The molecule has 0 saturated heterocycles. The smallest absolute Gasteiger partial charge is 0.227 e. The minimum absolute atomic E-state index is 0.603. The fourth-order valence-corrected chi connectivity index (χ4v) is 9.50. The Hall–Kier alpha value is -6.15. The lowest BCUT2D eigenvalue weighted by molar-refractivity contribution is 0.620. The highest BCUT2D eigenvalue weighted by Crippen LogP contribution is 2.51. The maximum Gasteiger partial charge on any atom is 0.227 e. The Morgan fingerprint density at radius 3 is 1.67 bits per heavy atom. The molecule has 7 aromatic carbocycles. The third-order valence-corrected chi connectivity index (χ3v) is 12.1. The van der Waals surface area contributed by atoms with Crippen molar-refractivity contribution in [2.45, 2.75) is 16.2 Å². The molecule has 0 saturated carbocycles. The lowest BCUT2D eigenvalue weighted by Crippen LogP contribution is -2.18. The number of oxazole rings is 1. The molecule has 11 rings (SSSR count). The van der Waals surface area contributed by atoms with Crippen molar-refractivity contribution in [1.82, 2.24) is 9.97 Å². The molecule has 7 heteroatoms. The van der Waals surface area contributed by atoms with Gasteiger partial charge in [0.2, 0.25) is 5.89 Å². The predicted molar refractivity (Wildman–Crippen MR) is 214 cm³/mol. The van der Waals surface area contributed by atoms with Crippen LogP contribution in [0.15, 0.2) is 172 Å². The first-order valence-corrected chi connectivity index (χ1v) is 18.9. The second-order valence-electron chi connectivity index (χ2n) is 13.1. The molecule has 4 heterocycles. The van der Waals surface area contributed by atoms with Gasteiger partial charge < -0.3 is 14.2 Å². The van der Waals surface area contributed by atoms with Crippen LogP contribution < -0.4 is 9.80 Å². The van der Waals surface area contributed by atoms with Crippen LogP contribution in [0.25, 0.3) is 43.3 Å². The van der Waals surface area contributed by atoms with Crippen molar-refractivity contribution in [3.63, 3.8) is 0 Å². The Kier molecular flexibility index (Phi) is 6.65. The van der Waals surface area contributed by atoms with Crippen molar-refractivity contribution >= 4 is 78.5 Å². The van der Waals surface area contributed by atoms with Gasteiger partial charge in [-0.2, -0.15) is 0 Å². The first-order chi connectivity index (χ1) is 25.7. The minimum atomic E-state index is 0.603. The van der Waals surface area contributed by atoms with E-state index in [0.29, 0.717) is 5.89 Å². The summed E-state index contributed by atoms with van der Waals surface area (Å²) in [6.45, 7) is 0. The molecule has 246 valence electrons. The van der Waals surface area contributed by atoms with Crippen molar-refractivity contribution in [2.75, 3.05) is 9.80 Å². The first kappa shape index (κ1) is 29.6. The third kappa shape index (κ3) is 4.78. The van der Waals surface area contributed by atoms with E-state index in [2.05, 4.69) is 161 Å². The van der Waals surface area contributed by atoms with Crippen LogP contribution in [0.3, 0.4) is 0 Å². The normalized spacial score (nSPS) is 13.2. The summed E-state index contributed by atoms with van der Waals surface area (Å²) in [6.07, 6.45) is 0.946. The summed E-state index contributed by atoms with van der Waals surface area (Å²) in [5.41, 5.74) is 14.2. The second kappa shape index (κ2) is 11.7. The van der Waals surface area contributed by atoms with Gasteiger partial charge in [0.05, 0.1) is 21.6 Å². The van der Waals surface area contributed by atoms with Gasteiger partial charge in [0.25, 0.3) is 0 Å². The van der Waals surface area contributed by atoms with Crippen molar-refractivity contribution in [3.05, 3.63) is 169 Å². The van der Waals surface area contributed by atoms with E-state index < -0.39 is 0 Å². The summed E-state index contributed by atoms with van der Waals surface area (Å²) >= 11 is 3.50. The standard InChI is InChI=1S/C45H28N4OS2/c1-3-11-36-30(9-1)25-31-10-2-4-12-37(31)48(36)32-23-19-29(20-24-32)45-47-35-26-40-34(27-43(35)52-45)46-44(50-40)28-17-21-33(22-18-28)49-38-13-5-7-15-41(38)51-42-16-8-6-14-39(42)49/h1-24,26-27H,25H2. The average Bonchev–Trinajstić information content (AvgIpc) is 3.82. The van der Waals surface area contributed by atoms with Crippen LogP contribution in [0.5, 0.6) is 0 Å². The van der Waals surface area contributed by atoms with E-state index in [9.17, 15) is 0 Å². The van der Waals surface area contributed by atoms with E-state index in [1.807, 2.05) is 17.8 Å². The van der Waals surface area contributed by atoms with Gasteiger partial charge in [-0.15, -0.1) is 11.3 Å². The molecule has 0 N–H and O–H groups in total. The van der Waals surface area contributed by atoms with Crippen molar-refractivity contribution < 1.29 is 4.42 Å². The Morgan fingerprint density at radius 1 is 0.500 bits per heavy atom. The van der Waals surface area contributed by atoms with E-state index >= 15 is 0 Å². The molecule has 0 aliphatic carbocycles. The quantitative estimate of drug-likeness (QED) is 0.182. The highest BCUT2D eigenvalue weighted by Gasteiger charge is 2.25. The van der Waals surface area contributed by atoms with Crippen LogP contribution in [0.1, 0.15) is 11.1 Å². The molecule has 0 fully saturated rings. The summed E-state index contributed by atoms with van der Waals surface area (Å²) in [4.78, 5) is 17.1. The molecule has 0 bridgehead atoms. The second-order valence-corrected chi connectivity index (χ2v) is 15.2. The van der Waals surface area contributed by atoms with Gasteiger partial charge in [0, 0.05) is 56.2 Å². The number of para-hydroxylation sites is 4. The fraction of sp³-hybridized carbons (Fsp3) is 0.0222. The summed E-state index contributed by atoms with van der Waals surface area (Å²) in [5.74, 6) is 0.603. The van der Waals surface area contributed by atoms with Gasteiger partial charge in [-0.05, 0) is 102 Å². The maximum atomic E-state index is 6.35. The molecule has 0 unspecified atom stereocenters. The average molecular weight is 705 g/mol. The van der Waals surface area contributed by atoms with Crippen LogP contribution in [0, 0.1) is 0 Å². The molecule has 5 nitrogen and oxygen atoms in total. The number of aromatic nitrogens is 2. The zero-order valence-electron chi connectivity index (χ0n) is 27.7. The van der Waals surface area contributed by atoms with Gasteiger partial charge in [-0.3, -0.25) is 0 Å². The minimum Gasteiger partial charge on any atom is -0.436 e. The molecule has 9 aromatic rings. The molecule has 0 atom stereocenters. The van der Waals surface area contributed by atoms with Crippen LogP contribution >= 0.6 is 23.1 Å². The van der Waals surface area contributed by atoms with Crippen LogP contribution in [0.2, 0.25) is 0 Å². The van der Waals surface area contributed by atoms with E-state index in [1.54, 1.807) is 11.3 Å². The van der Waals surface area contributed by atoms with E-state index in [4.69, 9.17) is 14.4 Å². The molecule has 0 amide bonds. The zero-order valence-corrected chi connectivity index (χ0v) is 29.4. The van der Waals surface area contributed by atoms with E-state index in [-0.39, 0.29) is 0 Å². The van der Waals surface area contributed by atoms with Crippen LogP contribution in [-0.4, -0.2) is 9.97 Å². The van der Waals surface area contributed by atoms with Gasteiger partial charge >= 0.3 is 0 Å². The molecule has 0 radical (unpaired) electrons. The number of benzene rings is 7. The lowest BCUT2D eigenvalue weighted by atomic mass is 9.95. The van der Waals surface area contributed by atoms with Gasteiger partial charge in [0.1, 0.15) is 10.5 Å². The zero-order chi connectivity index (χ0) is 34.2. The third-order valence-electron chi connectivity index (χ3n) is 9.92. The van der Waals surface area contributed by atoms with E-state index in [0.717, 1.165) is 55.2 Å². The number of nitrogens with zero attached hydrogens (tertiary/aromatic N) is 4. The summed E-state index contributed by atoms with van der Waals surface area (Å²) in [7, 11) is 0. The topological polar surface area (TPSA) is 45.4 Å². The molecule has 2 aromatic heterocycles. The van der Waals surface area contributed by atoms with Crippen molar-refractivity contribution in [2.24, 2.45) is 0 Å². The highest BCUT2D eigenvalue weighted by molar-refractivity contribution is 7.99. The van der Waals surface area contributed by atoms with Crippen molar-refractivity contribution in [1.29, 1.82) is 0 Å². The van der Waals surface area contributed by atoms with Gasteiger partial charge in [-0.25, -0.2) is 9.97 Å². The molecule has 0 spiro atoms. The summed E-state index contributed by atoms with van der Waals surface area (Å²) < 4.78 is 7.43. The molecule has 52 heavy (non-hydrogen) atoms. The monoisotopic (exact) mass is 704 g/mol. The van der Waals surface area contributed by atoms with Crippen LogP contribution in [-0.2, 0) is 6.42 Å². The molecule has 2 aliphatic rings. The summed E-state index contributed by atoms with van der Waals surface area (Å²) in [5, 5.41) is 0.976. The molecule has 2 aliphatic heterocycles. The van der Waals surface area contributed by atoms with Gasteiger partial charge in [-0.1, -0.05) is 72.4 Å².